The number of nitrogens with zero attached hydrogens (tertiary/aromatic N) is 5. The van der Waals surface area contributed by atoms with E-state index in [2.05, 4.69) is 24.8 Å². The molecule has 0 saturated heterocycles. The largest absolute Gasteiger partial charge is 0.481 e. The van der Waals surface area contributed by atoms with Gasteiger partial charge >= 0.3 is 5.97 Å². The molecule has 0 fully saturated rings. The zero-order valence-corrected chi connectivity index (χ0v) is 43.4. The summed E-state index contributed by atoms with van der Waals surface area (Å²) in [6.45, 7) is 16.4. The molecule has 1 aliphatic heterocycles. The fraction of sp³-hybridized carbons (Fsp3) is 0.400. The van der Waals surface area contributed by atoms with Gasteiger partial charge in [-0.1, -0.05) is 39.8 Å². The first kappa shape index (κ1) is 55.4. The van der Waals surface area contributed by atoms with Gasteiger partial charge in [-0.3, -0.25) is 19.3 Å². The van der Waals surface area contributed by atoms with E-state index in [1.165, 1.54) is 17.1 Å². The third-order valence-corrected chi connectivity index (χ3v) is 13.5. The molecule has 382 valence electrons. The molecule has 19 nitrogen and oxygen atoms in total. The summed E-state index contributed by atoms with van der Waals surface area (Å²) in [5, 5.41) is 18.9. The van der Waals surface area contributed by atoms with Crippen molar-refractivity contribution >= 4 is 38.1 Å². The summed E-state index contributed by atoms with van der Waals surface area (Å²) < 4.78 is 75.1. The van der Waals surface area contributed by atoms with Gasteiger partial charge in [-0.25, -0.2) is 36.7 Å². The number of methoxy groups -OCH3 is 2. The molecule has 2 aromatic carbocycles. The number of nitrogens with one attached hydrogen (secondary N) is 1. The fourth-order valence-corrected chi connectivity index (χ4v) is 8.95. The van der Waals surface area contributed by atoms with E-state index in [1.807, 2.05) is 77.9 Å². The highest BCUT2D eigenvalue weighted by Gasteiger charge is 2.27. The third kappa shape index (κ3) is 14.8. The van der Waals surface area contributed by atoms with Crippen LogP contribution in [-0.2, 0) is 70.7 Å². The number of pyridine rings is 2. The SMILES string of the molecule is COCc1cc(-c2ccnc(OCC(C)(C)n3cc(S(N)(=O)=O)cn3)c2)c(CC(=O)O)c(C(C)C)c1.COCc1cc2c(c(C(C)C)c1)CC(=O)NS(=O)(=O)C(=CN)C=NC(C)(C)COc1cc-2ccn1. The van der Waals surface area contributed by atoms with E-state index in [0.717, 1.165) is 62.5 Å². The number of hydrogen-bond donors (Lipinski definition) is 4. The maximum atomic E-state index is 13.0. The standard InChI is InChI=1S/C25H32N4O6S.C25H32N4O5S/c1-16(2)20-8-17(14-34-5)9-21(22(20)11-24(30)31)18-6-7-27-23(10-18)35-15-25(3,4)29-13-19(12-28-29)36(26,32)33;1-16(2)20-8-17(14-33-5)9-21-18-6-7-27-24(10-18)34-15-25(3,4)28-13-19(12-26)35(31,32)29-23(30)11-22(20)21/h6-10,12-13,16H,11,14-15H2,1-5H3,(H,30,31)(H2,26,32,33);6-10,12-13,16H,11,14-15,26H2,1-5H3,(H,29,30). The van der Waals surface area contributed by atoms with Crippen LogP contribution in [0, 0.1) is 0 Å². The number of aliphatic imine (C=N–C) groups is 1. The van der Waals surface area contributed by atoms with Crippen molar-refractivity contribution in [1.29, 1.82) is 0 Å². The van der Waals surface area contributed by atoms with Crippen molar-refractivity contribution in [2.75, 3.05) is 27.4 Å². The topological polar surface area (TPSA) is 280 Å². The van der Waals surface area contributed by atoms with Crippen molar-refractivity contribution in [3.63, 3.8) is 0 Å². The Labute approximate surface area is 415 Å². The molecule has 71 heavy (non-hydrogen) atoms. The van der Waals surface area contributed by atoms with E-state index in [4.69, 9.17) is 29.8 Å². The van der Waals surface area contributed by atoms with Crippen LogP contribution in [0.4, 0.5) is 0 Å². The number of nitrogens with two attached hydrogens (primary N) is 2. The molecule has 1 aliphatic rings. The molecule has 0 spiro atoms. The second-order valence-corrected chi connectivity index (χ2v) is 22.1. The maximum Gasteiger partial charge on any atom is 0.307 e. The zero-order valence-electron chi connectivity index (χ0n) is 41.7. The average Bonchev–Trinajstić information content (AvgIpc) is 3.82. The number of aliphatic carboxylic acids is 1. The molecule has 21 heteroatoms. The molecule has 6 rings (SSSR count). The van der Waals surface area contributed by atoms with E-state index in [-0.39, 0.29) is 47.7 Å². The highest BCUT2D eigenvalue weighted by molar-refractivity contribution is 7.94. The van der Waals surface area contributed by atoms with E-state index >= 15 is 0 Å². The normalized spacial score (nSPS) is 15.5. The number of benzene rings is 2. The highest BCUT2D eigenvalue weighted by atomic mass is 32.2. The Bertz CT molecular complexity index is 3020. The van der Waals surface area contributed by atoms with Crippen LogP contribution in [0.3, 0.4) is 0 Å². The number of amides is 1. The van der Waals surface area contributed by atoms with E-state index in [0.29, 0.717) is 30.5 Å². The van der Waals surface area contributed by atoms with Gasteiger partial charge in [0.05, 0.1) is 43.3 Å². The van der Waals surface area contributed by atoms with Gasteiger partial charge in [0.2, 0.25) is 27.7 Å². The number of rotatable bonds is 14. The number of fused-ring (bicyclic) bond motifs is 4. The molecule has 1 amide bonds. The zero-order chi connectivity index (χ0) is 52.5. The van der Waals surface area contributed by atoms with Gasteiger partial charge in [-0.2, -0.15) is 5.10 Å². The van der Waals surface area contributed by atoms with Crippen LogP contribution < -0.4 is 25.1 Å². The number of primary sulfonamides is 1. The molecule has 2 bridgehead atoms. The fourth-order valence-electron chi connectivity index (χ4n) is 7.65. The predicted octanol–water partition coefficient (Wildman–Crippen LogP) is 6.35. The Morgan fingerprint density at radius 3 is 2.14 bits per heavy atom. The number of carboxylic acid groups (broad SMARTS) is 1. The lowest BCUT2D eigenvalue weighted by Gasteiger charge is -2.25. The number of carbonyl (C=O) groups is 2. The van der Waals surface area contributed by atoms with Gasteiger partial charge in [0.15, 0.2) is 0 Å². The van der Waals surface area contributed by atoms with Crippen molar-refractivity contribution in [3.05, 3.63) is 118 Å². The van der Waals surface area contributed by atoms with Crippen LogP contribution in [0.1, 0.15) is 101 Å². The second-order valence-electron chi connectivity index (χ2n) is 18.8. The predicted molar refractivity (Wildman–Crippen MR) is 270 cm³/mol. The van der Waals surface area contributed by atoms with Crippen LogP contribution in [0.2, 0.25) is 0 Å². The van der Waals surface area contributed by atoms with Gasteiger partial charge in [-0.05, 0) is 119 Å². The minimum absolute atomic E-state index is 0.0667. The molecular weight excluding hydrogens is 953 g/mol. The maximum absolute atomic E-state index is 13.0. The Hall–Kier alpha value is -6.52. The number of allylic oxidation sites excluding steroid dienone is 1. The Morgan fingerprint density at radius 1 is 0.958 bits per heavy atom. The average molecular weight is 1020 g/mol. The molecule has 0 atom stereocenters. The Kier molecular flexibility index (Phi) is 18.1. The number of hydrogen-bond acceptors (Lipinski definition) is 15. The smallest absolute Gasteiger partial charge is 0.307 e. The van der Waals surface area contributed by atoms with E-state index in [9.17, 15) is 31.5 Å². The van der Waals surface area contributed by atoms with Crippen LogP contribution in [0.25, 0.3) is 22.3 Å². The van der Waals surface area contributed by atoms with Gasteiger partial charge < -0.3 is 29.8 Å². The van der Waals surface area contributed by atoms with Crippen molar-refractivity contribution in [2.24, 2.45) is 15.9 Å². The number of ether oxygens (including phenoxy) is 4. The third-order valence-electron chi connectivity index (χ3n) is 11.2. The molecule has 6 N–H and O–H groups in total. The summed E-state index contributed by atoms with van der Waals surface area (Å²) in [4.78, 5) is 37.3. The Morgan fingerprint density at radius 2 is 1.56 bits per heavy atom. The van der Waals surface area contributed by atoms with Crippen LogP contribution in [0.5, 0.6) is 11.8 Å². The summed E-state index contributed by atoms with van der Waals surface area (Å²) in [5.74, 6) is -0.685. The lowest BCUT2D eigenvalue weighted by atomic mass is 9.86. The molecule has 4 heterocycles. The molecule has 0 saturated carbocycles. The molecular formula is C50H64N8O11S2. The van der Waals surface area contributed by atoms with Crippen molar-refractivity contribution < 1.29 is 50.5 Å². The molecule has 3 aromatic heterocycles. The molecule has 0 aliphatic carbocycles. The summed E-state index contributed by atoms with van der Waals surface area (Å²) in [7, 11) is -4.85. The van der Waals surface area contributed by atoms with Crippen LogP contribution >= 0.6 is 0 Å². The summed E-state index contributed by atoms with van der Waals surface area (Å²) in [6, 6.07) is 15.1. The Balaban J connectivity index is 0.000000264. The number of aromatic nitrogens is 4. The second kappa shape index (κ2) is 23.1. The van der Waals surface area contributed by atoms with Crippen molar-refractivity contribution in [1.82, 2.24) is 24.5 Å². The van der Waals surface area contributed by atoms with Crippen LogP contribution in [0.15, 0.2) is 94.3 Å². The lowest BCUT2D eigenvalue weighted by molar-refractivity contribution is -0.136. The van der Waals surface area contributed by atoms with Crippen molar-refractivity contribution in [2.45, 2.75) is 109 Å². The number of sulfonamides is 2. The van der Waals surface area contributed by atoms with Gasteiger partial charge in [0, 0.05) is 57.4 Å². The monoisotopic (exact) mass is 1020 g/mol. The summed E-state index contributed by atoms with van der Waals surface area (Å²) >= 11 is 0. The minimum Gasteiger partial charge on any atom is -0.481 e. The first-order valence-corrected chi connectivity index (χ1v) is 25.6. The highest BCUT2D eigenvalue weighted by Crippen LogP contribution is 2.36. The van der Waals surface area contributed by atoms with Crippen LogP contribution in [-0.4, -0.2) is 92.8 Å². The quantitative estimate of drug-likeness (QED) is 0.0943. The minimum atomic E-state index is -4.23. The molecule has 5 aromatic rings. The number of carbonyl (C=O) groups excluding carboxylic acids is 1. The summed E-state index contributed by atoms with van der Waals surface area (Å²) in [5.41, 5.74) is 12.4. The first-order valence-electron chi connectivity index (χ1n) is 22.6. The van der Waals surface area contributed by atoms with Crippen molar-refractivity contribution in [3.8, 4) is 34.0 Å². The first-order chi connectivity index (χ1) is 33.3. The number of carboxylic acids is 1. The summed E-state index contributed by atoms with van der Waals surface area (Å²) in [6.07, 6.45) is 7.56. The molecule has 0 radical (unpaired) electrons. The van der Waals surface area contributed by atoms with Gasteiger partial charge in [0.25, 0.3) is 10.0 Å². The van der Waals surface area contributed by atoms with E-state index in [1.54, 1.807) is 52.6 Å². The molecule has 0 unspecified atom stereocenters. The lowest BCUT2D eigenvalue weighted by Crippen LogP contribution is -2.34. The van der Waals surface area contributed by atoms with Gasteiger partial charge in [0.1, 0.15) is 23.0 Å². The van der Waals surface area contributed by atoms with E-state index < -0.39 is 43.0 Å². The van der Waals surface area contributed by atoms with Gasteiger partial charge in [-0.15, -0.1) is 0 Å².